The average molecular weight is 749 g/mol. The van der Waals surface area contributed by atoms with E-state index in [0.717, 1.165) is 5.56 Å². The third kappa shape index (κ3) is 7.63. The largest absolute Gasteiger partial charge is 0.481 e. The summed E-state index contributed by atoms with van der Waals surface area (Å²) < 4.78 is 14.0. The highest BCUT2D eigenvalue weighted by Crippen LogP contribution is 2.42. The van der Waals surface area contributed by atoms with Crippen molar-refractivity contribution >= 4 is 40.7 Å². The number of fused-ring (bicyclic) bond motifs is 1. The highest BCUT2D eigenvalue weighted by atomic mass is 35.5. The Morgan fingerprint density at radius 2 is 1.77 bits per heavy atom. The second-order valence-corrected chi connectivity index (χ2v) is 13.4. The predicted octanol–water partition coefficient (Wildman–Crippen LogP) is 5.63. The lowest BCUT2D eigenvalue weighted by atomic mass is 9.97. The first kappa shape index (κ1) is 36.8. The molecule has 0 radical (unpaired) electrons. The highest BCUT2D eigenvalue weighted by Gasteiger charge is 2.26. The molecule has 0 spiro atoms. The lowest BCUT2D eigenvalue weighted by molar-refractivity contribution is -0.119. The maximum absolute atomic E-state index is 13.3. The van der Waals surface area contributed by atoms with Gasteiger partial charge in [-0.3, -0.25) is 14.2 Å². The van der Waals surface area contributed by atoms with Crippen LogP contribution in [-0.2, 0) is 29.7 Å². The van der Waals surface area contributed by atoms with Gasteiger partial charge < -0.3 is 30.1 Å². The first-order valence-corrected chi connectivity index (χ1v) is 17.5. The number of halogens is 2. The molecule has 1 fully saturated rings. The molecule has 1 aliphatic heterocycles. The predicted molar refractivity (Wildman–Crippen MR) is 199 cm³/mol. The van der Waals surface area contributed by atoms with Crippen LogP contribution in [0.2, 0.25) is 10.0 Å². The molecule has 0 aliphatic carbocycles. The molecule has 272 valence electrons. The van der Waals surface area contributed by atoms with E-state index in [4.69, 9.17) is 42.8 Å². The normalized spacial score (nSPS) is 14.8. The number of hydrogen-bond donors (Lipinski definition) is 3. The highest BCUT2D eigenvalue weighted by molar-refractivity contribution is 6.39. The Bertz CT molecular complexity index is 2200. The number of methoxy groups -OCH3 is 2. The first-order valence-electron chi connectivity index (χ1n) is 16.7. The number of carboxylic acid groups (broad SMARTS) is 1. The molecule has 0 unspecified atom stereocenters. The Labute approximate surface area is 310 Å². The van der Waals surface area contributed by atoms with Crippen LogP contribution in [0.25, 0.3) is 39.0 Å². The molecule has 3 aromatic heterocycles. The summed E-state index contributed by atoms with van der Waals surface area (Å²) in [6, 6.07) is 16.2. The molecule has 2 atom stereocenters. The van der Waals surface area contributed by atoms with Crippen LogP contribution in [0.15, 0.2) is 65.6 Å². The monoisotopic (exact) mass is 747 g/mol. The zero-order valence-electron chi connectivity index (χ0n) is 29.2. The van der Waals surface area contributed by atoms with Gasteiger partial charge in [-0.2, -0.15) is 5.10 Å². The molecule has 5 aromatic rings. The fourth-order valence-electron chi connectivity index (χ4n) is 6.26. The van der Waals surface area contributed by atoms with E-state index in [0.29, 0.717) is 80.8 Å². The quantitative estimate of drug-likeness (QED) is 0.139. The SMILES string of the molecule is COc1nc(-c2cccc(-c3cccc(-c4cc5c(=O)n(C)c(CNC[C@H](C)OC)nn5c4)c3Cl)c2Cl)ccc1CN(C[C@@H]1CCC(=O)N1)C(=O)O. The maximum atomic E-state index is 13.3. The van der Waals surface area contributed by atoms with E-state index in [1.165, 1.54) is 16.6 Å². The van der Waals surface area contributed by atoms with E-state index in [2.05, 4.69) is 10.6 Å². The summed E-state index contributed by atoms with van der Waals surface area (Å²) in [7, 11) is 4.82. The summed E-state index contributed by atoms with van der Waals surface area (Å²) in [5.41, 5.74) is 4.70. The lowest BCUT2D eigenvalue weighted by Crippen LogP contribution is -2.41. The molecule has 1 aliphatic rings. The van der Waals surface area contributed by atoms with Gasteiger partial charge in [-0.25, -0.2) is 14.3 Å². The topological polar surface area (TPSA) is 152 Å². The second kappa shape index (κ2) is 15.7. The third-order valence-corrected chi connectivity index (χ3v) is 10.0. The van der Waals surface area contributed by atoms with E-state index in [1.807, 2.05) is 43.3 Å². The Kier molecular flexibility index (Phi) is 11.1. The number of rotatable bonds is 13. The molecule has 1 saturated heterocycles. The van der Waals surface area contributed by atoms with Crippen molar-refractivity contribution in [2.24, 2.45) is 7.05 Å². The van der Waals surface area contributed by atoms with Crippen LogP contribution in [0.3, 0.4) is 0 Å². The van der Waals surface area contributed by atoms with Gasteiger partial charge in [0.2, 0.25) is 11.8 Å². The van der Waals surface area contributed by atoms with Crippen molar-refractivity contribution in [1.29, 1.82) is 0 Å². The number of aromatic nitrogens is 4. The number of amides is 2. The molecule has 15 heteroatoms. The van der Waals surface area contributed by atoms with E-state index in [-0.39, 0.29) is 42.6 Å². The minimum atomic E-state index is -1.11. The summed E-state index contributed by atoms with van der Waals surface area (Å²) in [6.45, 7) is 3.13. The van der Waals surface area contributed by atoms with E-state index >= 15 is 0 Å². The molecule has 4 heterocycles. The summed E-state index contributed by atoms with van der Waals surface area (Å²) >= 11 is 14.2. The molecule has 52 heavy (non-hydrogen) atoms. The molecular formula is C37H39Cl2N7O6. The molecule has 2 amide bonds. The number of nitrogens with zero attached hydrogens (tertiary/aromatic N) is 5. The van der Waals surface area contributed by atoms with Crippen LogP contribution in [-0.4, -0.2) is 80.6 Å². The van der Waals surface area contributed by atoms with Crippen LogP contribution in [0.4, 0.5) is 4.79 Å². The van der Waals surface area contributed by atoms with E-state index < -0.39 is 6.09 Å². The molecule has 0 bridgehead atoms. The second-order valence-electron chi connectivity index (χ2n) is 12.7. The zero-order valence-corrected chi connectivity index (χ0v) is 30.7. The summed E-state index contributed by atoms with van der Waals surface area (Å²) in [4.78, 5) is 43.0. The molecule has 3 N–H and O–H groups in total. The van der Waals surface area contributed by atoms with Crippen LogP contribution in [0, 0.1) is 0 Å². The lowest BCUT2D eigenvalue weighted by Gasteiger charge is -2.23. The fourth-order valence-corrected chi connectivity index (χ4v) is 6.92. The van der Waals surface area contributed by atoms with Crippen molar-refractivity contribution in [3.05, 3.63) is 92.6 Å². The van der Waals surface area contributed by atoms with Crippen molar-refractivity contribution in [3.63, 3.8) is 0 Å². The Morgan fingerprint density at radius 3 is 2.42 bits per heavy atom. The van der Waals surface area contributed by atoms with Gasteiger partial charge in [0, 0.05) is 79.3 Å². The van der Waals surface area contributed by atoms with Crippen molar-refractivity contribution in [3.8, 4) is 39.4 Å². The van der Waals surface area contributed by atoms with Gasteiger partial charge in [0.15, 0.2) is 0 Å². The smallest absolute Gasteiger partial charge is 0.407 e. The number of nitrogens with one attached hydrogen (secondary N) is 2. The average Bonchev–Trinajstić information content (AvgIpc) is 3.76. The van der Waals surface area contributed by atoms with Crippen molar-refractivity contribution in [1.82, 2.24) is 34.7 Å². The zero-order chi connectivity index (χ0) is 37.1. The van der Waals surface area contributed by atoms with Crippen LogP contribution in [0.1, 0.15) is 31.2 Å². The third-order valence-electron chi connectivity index (χ3n) is 9.22. The van der Waals surface area contributed by atoms with Gasteiger partial charge in [0.1, 0.15) is 11.3 Å². The first-order chi connectivity index (χ1) is 25.0. The van der Waals surface area contributed by atoms with Crippen molar-refractivity contribution in [2.75, 3.05) is 27.3 Å². The Balaban J connectivity index is 1.29. The van der Waals surface area contributed by atoms with Gasteiger partial charge >= 0.3 is 6.09 Å². The number of benzene rings is 2. The standard InChI is InChI=1S/C37H39Cl2N7O6/c1-21(51-3)16-40-17-31-43-46-19-23(15-30(46)36(48)44(31)2)25-7-5-8-26(33(25)38)27-9-6-10-28(34(27)39)29-13-11-22(35(42-29)52-4)18-45(37(49)50)20-24-12-14-32(47)41-24/h5-11,13,15,19,21,24,40H,12,14,16-18,20H2,1-4H3,(H,41,47)(H,49,50)/t21-,24-/m0/s1. The van der Waals surface area contributed by atoms with Crippen LogP contribution in [0.5, 0.6) is 5.88 Å². The van der Waals surface area contributed by atoms with Gasteiger partial charge in [0.25, 0.3) is 5.56 Å². The van der Waals surface area contributed by atoms with Crippen molar-refractivity contribution in [2.45, 2.75) is 45.0 Å². The molecular weight excluding hydrogens is 709 g/mol. The van der Waals surface area contributed by atoms with E-state index in [9.17, 15) is 19.5 Å². The van der Waals surface area contributed by atoms with Gasteiger partial charge in [-0.05, 0) is 31.5 Å². The Hall–Kier alpha value is -4.95. The minimum Gasteiger partial charge on any atom is -0.481 e. The molecule has 0 saturated carbocycles. The Morgan fingerprint density at radius 1 is 1.08 bits per heavy atom. The van der Waals surface area contributed by atoms with Crippen LogP contribution >= 0.6 is 23.2 Å². The number of pyridine rings is 1. The van der Waals surface area contributed by atoms with Crippen LogP contribution < -0.4 is 20.9 Å². The summed E-state index contributed by atoms with van der Waals surface area (Å²) in [5.74, 6) is 0.744. The van der Waals surface area contributed by atoms with Gasteiger partial charge in [0.05, 0.1) is 42.0 Å². The fraction of sp³-hybridized carbons (Fsp3) is 0.324. The molecule has 2 aromatic carbocycles. The number of carbonyl (C=O) groups excluding carboxylic acids is 1. The number of carbonyl (C=O) groups is 2. The number of ether oxygens (including phenoxy) is 2. The van der Waals surface area contributed by atoms with Crippen molar-refractivity contribution < 1.29 is 24.2 Å². The summed E-state index contributed by atoms with van der Waals surface area (Å²) in [5, 5.41) is 21.5. The number of hydrogen-bond acceptors (Lipinski definition) is 8. The van der Waals surface area contributed by atoms with Gasteiger partial charge in [-0.15, -0.1) is 0 Å². The molecule has 13 nitrogen and oxygen atoms in total. The summed E-state index contributed by atoms with van der Waals surface area (Å²) in [6.07, 6.45) is 1.65. The molecule has 6 rings (SSSR count). The van der Waals surface area contributed by atoms with E-state index in [1.54, 1.807) is 43.1 Å². The van der Waals surface area contributed by atoms with Gasteiger partial charge in [-0.1, -0.05) is 59.6 Å². The maximum Gasteiger partial charge on any atom is 0.407 e. The minimum absolute atomic E-state index is 0.0172.